The van der Waals surface area contributed by atoms with Crippen LogP contribution in [0.25, 0.3) is 0 Å². The van der Waals surface area contributed by atoms with Crippen LogP contribution in [0.1, 0.15) is 12.1 Å². The Hall–Kier alpha value is -1.38. The summed E-state index contributed by atoms with van der Waals surface area (Å²) in [6, 6.07) is 2.17. The second kappa shape index (κ2) is 8.33. The van der Waals surface area contributed by atoms with Gasteiger partial charge in [0, 0.05) is 68.8 Å². The minimum Gasteiger partial charge on any atom is -0.355 e. The van der Waals surface area contributed by atoms with Crippen molar-refractivity contribution in [3.05, 3.63) is 29.0 Å². The molecule has 0 aromatic carbocycles. The minimum absolute atomic E-state index is 0.956. The molecule has 0 atom stereocenters. The predicted molar refractivity (Wildman–Crippen MR) is 106 cm³/mol. The fourth-order valence-corrected chi connectivity index (χ4v) is 4.83. The summed E-state index contributed by atoms with van der Waals surface area (Å²) >= 11 is 3.70. The van der Waals surface area contributed by atoms with Gasteiger partial charge in [0.15, 0.2) is 0 Å². The van der Waals surface area contributed by atoms with Gasteiger partial charge in [-0.05, 0) is 6.42 Å². The van der Waals surface area contributed by atoms with E-state index in [1.807, 2.05) is 17.3 Å². The van der Waals surface area contributed by atoms with Gasteiger partial charge in [-0.25, -0.2) is 15.0 Å². The molecular formula is C17H24N6S2. The van der Waals surface area contributed by atoms with Crippen molar-refractivity contribution >= 4 is 34.7 Å². The molecule has 4 rings (SSSR count). The number of aromatic nitrogens is 3. The average Bonchev–Trinajstić information content (AvgIpc) is 3.07. The normalized spacial score (nSPS) is 19.8. The topological polar surface area (TPSA) is 48.4 Å². The molecule has 0 spiro atoms. The summed E-state index contributed by atoms with van der Waals surface area (Å²) in [6.45, 7) is 7.37. The summed E-state index contributed by atoms with van der Waals surface area (Å²) in [5.41, 5.74) is 3.10. The first-order valence-corrected chi connectivity index (χ1v) is 11.0. The standard InChI is InChI=1S/C17H24N6S2/c1-2-21(11-15-12-25-14-20-15)4-5-22(3-1)16-10-17(19-13-18-16)23-6-8-24-9-7-23/h10,12-14H,1-9,11H2. The largest absolute Gasteiger partial charge is 0.355 e. The summed E-state index contributed by atoms with van der Waals surface area (Å²) in [7, 11) is 0. The van der Waals surface area contributed by atoms with Crippen molar-refractivity contribution in [2.45, 2.75) is 13.0 Å². The summed E-state index contributed by atoms with van der Waals surface area (Å²) in [6.07, 6.45) is 2.88. The highest BCUT2D eigenvalue weighted by atomic mass is 32.2. The van der Waals surface area contributed by atoms with Crippen LogP contribution in [-0.2, 0) is 6.54 Å². The van der Waals surface area contributed by atoms with E-state index in [1.54, 1.807) is 17.7 Å². The Balaban J connectivity index is 1.40. The molecule has 0 bridgehead atoms. The van der Waals surface area contributed by atoms with E-state index in [0.29, 0.717) is 0 Å². The average molecular weight is 377 g/mol. The number of hydrogen-bond acceptors (Lipinski definition) is 8. The third-order valence-electron chi connectivity index (χ3n) is 4.75. The van der Waals surface area contributed by atoms with Crippen molar-refractivity contribution in [2.75, 3.05) is 60.6 Å². The van der Waals surface area contributed by atoms with Crippen molar-refractivity contribution in [3.63, 3.8) is 0 Å². The molecule has 0 amide bonds. The number of thiazole rings is 1. The molecule has 134 valence electrons. The predicted octanol–water partition coefficient (Wildman–Crippen LogP) is 2.20. The lowest BCUT2D eigenvalue weighted by atomic mass is 10.3. The van der Waals surface area contributed by atoms with Gasteiger partial charge < -0.3 is 9.80 Å². The lowest BCUT2D eigenvalue weighted by molar-refractivity contribution is 0.282. The highest BCUT2D eigenvalue weighted by Crippen LogP contribution is 2.22. The fourth-order valence-electron chi connectivity index (χ4n) is 3.38. The third kappa shape index (κ3) is 4.43. The molecule has 0 unspecified atom stereocenters. The van der Waals surface area contributed by atoms with Crippen LogP contribution in [0.2, 0.25) is 0 Å². The van der Waals surface area contributed by atoms with E-state index >= 15 is 0 Å². The van der Waals surface area contributed by atoms with Gasteiger partial charge in [0.05, 0.1) is 11.2 Å². The molecule has 25 heavy (non-hydrogen) atoms. The smallest absolute Gasteiger partial charge is 0.134 e. The van der Waals surface area contributed by atoms with Gasteiger partial charge in [0.1, 0.15) is 18.0 Å². The van der Waals surface area contributed by atoms with Gasteiger partial charge in [-0.2, -0.15) is 11.8 Å². The van der Waals surface area contributed by atoms with Gasteiger partial charge in [-0.15, -0.1) is 11.3 Å². The maximum absolute atomic E-state index is 4.55. The molecule has 2 saturated heterocycles. The van der Waals surface area contributed by atoms with E-state index in [1.165, 1.54) is 17.2 Å². The van der Waals surface area contributed by atoms with Crippen LogP contribution in [0.3, 0.4) is 0 Å². The molecule has 6 nitrogen and oxygen atoms in total. The lowest BCUT2D eigenvalue weighted by Crippen LogP contribution is -2.34. The highest BCUT2D eigenvalue weighted by molar-refractivity contribution is 7.99. The molecule has 2 aromatic heterocycles. The van der Waals surface area contributed by atoms with Gasteiger partial charge in [-0.3, -0.25) is 4.90 Å². The van der Waals surface area contributed by atoms with E-state index in [2.05, 4.69) is 41.1 Å². The quantitative estimate of drug-likeness (QED) is 0.811. The zero-order valence-electron chi connectivity index (χ0n) is 14.4. The van der Waals surface area contributed by atoms with Crippen molar-refractivity contribution in [1.82, 2.24) is 19.9 Å². The molecule has 2 aliphatic heterocycles. The van der Waals surface area contributed by atoms with Crippen LogP contribution < -0.4 is 9.80 Å². The van der Waals surface area contributed by atoms with E-state index in [-0.39, 0.29) is 0 Å². The van der Waals surface area contributed by atoms with Gasteiger partial charge in [-0.1, -0.05) is 0 Å². The molecule has 0 radical (unpaired) electrons. The van der Waals surface area contributed by atoms with Crippen molar-refractivity contribution < 1.29 is 0 Å². The Labute approximate surface area is 157 Å². The molecule has 0 N–H and O–H groups in total. The second-order valence-electron chi connectivity index (χ2n) is 6.43. The Morgan fingerprint density at radius 2 is 1.68 bits per heavy atom. The number of nitrogens with zero attached hydrogens (tertiary/aromatic N) is 6. The molecular weight excluding hydrogens is 352 g/mol. The number of rotatable bonds is 4. The van der Waals surface area contributed by atoms with Crippen molar-refractivity contribution in [2.24, 2.45) is 0 Å². The zero-order chi connectivity index (χ0) is 16.9. The Kier molecular flexibility index (Phi) is 5.68. The maximum Gasteiger partial charge on any atom is 0.134 e. The van der Waals surface area contributed by atoms with Crippen LogP contribution in [-0.4, -0.2) is 70.6 Å². The lowest BCUT2D eigenvalue weighted by Gasteiger charge is -2.28. The maximum atomic E-state index is 4.55. The second-order valence-corrected chi connectivity index (χ2v) is 8.37. The molecule has 2 aliphatic rings. The molecule has 2 fully saturated rings. The number of thioether (sulfide) groups is 1. The first-order chi connectivity index (χ1) is 12.4. The molecule has 2 aromatic rings. The van der Waals surface area contributed by atoms with E-state index in [4.69, 9.17) is 0 Å². The summed E-state index contributed by atoms with van der Waals surface area (Å²) in [4.78, 5) is 20.8. The van der Waals surface area contributed by atoms with Crippen LogP contribution in [0.4, 0.5) is 11.6 Å². The Morgan fingerprint density at radius 3 is 2.44 bits per heavy atom. The summed E-state index contributed by atoms with van der Waals surface area (Å²) in [5.74, 6) is 4.52. The summed E-state index contributed by atoms with van der Waals surface area (Å²) < 4.78 is 0. The van der Waals surface area contributed by atoms with E-state index in [0.717, 1.165) is 63.9 Å². The number of anilines is 2. The molecule has 8 heteroatoms. The summed E-state index contributed by atoms with van der Waals surface area (Å²) in [5, 5.41) is 2.15. The van der Waals surface area contributed by atoms with Crippen LogP contribution in [0, 0.1) is 0 Å². The molecule has 0 saturated carbocycles. The van der Waals surface area contributed by atoms with Crippen LogP contribution in [0.5, 0.6) is 0 Å². The first kappa shape index (κ1) is 17.1. The minimum atomic E-state index is 0.956. The molecule has 4 heterocycles. The fraction of sp³-hybridized carbons (Fsp3) is 0.588. The Bertz CT molecular complexity index is 659. The van der Waals surface area contributed by atoms with Gasteiger partial charge in [0.2, 0.25) is 0 Å². The van der Waals surface area contributed by atoms with Crippen LogP contribution in [0.15, 0.2) is 23.3 Å². The molecule has 0 aliphatic carbocycles. The number of hydrogen-bond donors (Lipinski definition) is 0. The van der Waals surface area contributed by atoms with Crippen molar-refractivity contribution in [3.8, 4) is 0 Å². The first-order valence-electron chi connectivity index (χ1n) is 8.87. The highest BCUT2D eigenvalue weighted by Gasteiger charge is 2.19. The van der Waals surface area contributed by atoms with Crippen molar-refractivity contribution in [1.29, 1.82) is 0 Å². The van der Waals surface area contributed by atoms with E-state index < -0.39 is 0 Å². The SMILES string of the molecule is c1nc(N2CCSCC2)cc(N2CCCN(Cc3cscn3)CC2)n1. The Morgan fingerprint density at radius 1 is 0.880 bits per heavy atom. The van der Waals surface area contributed by atoms with E-state index in [9.17, 15) is 0 Å². The zero-order valence-corrected chi connectivity index (χ0v) is 16.0. The van der Waals surface area contributed by atoms with Crippen LogP contribution >= 0.6 is 23.1 Å². The third-order valence-corrected chi connectivity index (χ3v) is 6.33. The van der Waals surface area contributed by atoms with Gasteiger partial charge in [0.25, 0.3) is 0 Å². The monoisotopic (exact) mass is 376 g/mol. The van der Waals surface area contributed by atoms with Gasteiger partial charge >= 0.3 is 0 Å².